The van der Waals surface area contributed by atoms with Gasteiger partial charge in [-0.05, 0) is 43.9 Å². The van der Waals surface area contributed by atoms with Gasteiger partial charge in [0.05, 0.1) is 5.56 Å². The van der Waals surface area contributed by atoms with Crippen molar-refractivity contribution in [2.75, 3.05) is 19.6 Å². The van der Waals surface area contributed by atoms with Crippen LogP contribution in [0, 0.1) is 0 Å². The Hall–Kier alpha value is -1.03. The van der Waals surface area contributed by atoms with E-state index >= 15 is 0 Å². The highest BCUT2D eigenvalue weighted by Gasteiger charge is 2.30. The van der Waals surface area contributed by atoms with Crippen molar-refractivity contribution in [3.63, 3.8) is 0 Å². The maximum Gasteiger partial charge on any atom is 0.416 e. The Morgan fingerprint density at radius 2 is 1.77 bits per heavy atom. The summed E-state index contributed by atoms with van der Waals surface area (Å²) < 4.78 is 37.9. The Kier molecular flexibility index (Phi) is 7.57. The lowest BCUT2D eigenvalue weighted by Gasteiger charge is -2.19. The molecule has 26 heavy (non-hydrogen) atoms. The van der Waals surface area contributed by atoms with Gasteiger partial charge in [-0.25, -0.2) is 0 Å². The fourth-order valence-corrected chi connectivity index (χ4v) is 3.06. The number of alkyl halides is 3. The van der Waals surface area contributed by atoms with Crippen molar-refractivity contribution in [2.45, 2.75) is 51.0 Å². The maximum atomic E-state index is 12.6. The van der Waals surface area contributed by atoms with Crippen molar-refractivity contribution in [1.29, 1.82) is 0 Å². The van der Waals surface area contributed by atoms with Crippen molar-refractivity contribution < 1.29 is 13.2 Å². The minimum absolute atomic E-state index is 0. The molecule has 4 nitrogen and oxygen atoms in total. The van der Waals surface area contributed by atoms with Crippen LogP contribution in [0.2, 0.25) is 0 Å². The van der Waals surface area contributed by atoms with Gasteiger partial charge in [0.15, 0.2) is 5.96 Å². The molecule has 0 bridgehead atoms. The molecule has 146 valence electrons. The molecule has 1 heterocycles. The second kappa shape index (κ2) is 9.25. The van der Waals surface area contributed by atoms with Crippen LogP contribution in [0.4, 0.5) is 13.2 Å². The number of hydrogen-bond acceptors (Lipinski definition) is 2. The first-order valence-corrected chi connectivity index (χ1v) is 8.90. The minimum Gasteiger partial charge on any atom is -0.354 e. The van der Waals surface area contributed by atoms with Crippen LogP contribution in [-0.2, 0) is 12.7 Å². The van der Waals surface area contributed by atoms with Crippen LogP contribution in [0.1, 0.15) is 37.3 Å². The first-order chi connectivity index (χ1) is 11.9. The van der Waals surface area contributed by atoms with E-state index in [0.29, 0.717) is 18.6 Å². The molecular weight excluding hydrogens is 456 g/mol. The molecule has 2 fully saturated rings. The van der Waals surface area contributed by atoms with E-state index in [1.54, 1.807) is 12.1 Å². The predicted octanol–water partition coefficient (Wildman–Crippen LogP) is 3.62. The Labute approximate surface area is 169 Å². The largest absolute Gasteiger partial charge is 0.416 e. The lowest BCUT2D eigenvalue weighted by atomic mass is 10.1. The molecular formula is C18H26F3IN4. The van der Waals surface area contributed by atoms with Crippen molar-refractivity contribution in [3.05, 3.63) is 35.4 Å². The highest BCUT2D eigenvalue weighted by molar-refractivity contribution is 14.0. The summed E-state index contributed by atoms with van der Waals surface area (Å²) in [6.45, 7) is 5.23. The van der Waals surface area contributed by atoms with E-state index in [2.05, 4.69) is 20.5 Å². The van der Waals surface area contributed by atoms with E-state index in [1.807, 2.05) is 6.92 Å². The van der Waals surface area contributed by atoms with Gasteiger partial charge in [-0.1, -0.05) is 12.1 Å². The molecule has 2 aliphatic rings. The van der Waals surface area contributed by atoms with Crippen LogP contribution in [0.15, 0.2) is 29.3 Å². The number of benzene rings is 1. The number of rotatable bonds is 5. The zero-order valence-electron chi connectivity index (χ0n) is 14.9. The molecule has 3 rings (SSSR count). The van der Waals surface area contributed by atoms with Gasteiger partial charge in [0.1, 0.15) is 0 Å². The maximum absolute atomic E-state index is 12.6. The van der Waals surface area contributed by atoms with Gasteiger partial charge in [0.25, 0.3) is 0 Å². The molecule has 0 aromatic heterocycles. The van der Waals surface area contributed by atoms with Crippen LogP contribution in [-0.4, -0.2) is 42.6 Å². The first kappa shape index (κ1) is 21.3. The Bertz CT molecular complexity index is 599. The molecule has 1 aliphatic carbocycles. The summed E-state index contributed by atoms with van der Waals surface area (Å²) in [5.74, 6) is 0.881. The quantitative estimate of drug-likeness (QED) is 0.383. The monoisotopic (exact) mass is 482 g/mol. The SMILES string of the molecule is CCN=C(NC1CC1)NC1CCN(Cc2ccc(C(F)(F)F)cc2)C1.I. The van der Waals surface area contributed by atoms with E-state index in [0.717, 1.165) is 49.7 Å². The standard InChI is InChI=1S/C18H25F3N4.HI/c1-2-22-17(23-15-7-8-15)24-16-9-10-25(12-16)11-13-3-5-14(6-4-13)18(19,20)21;/h3-6,15-16H,2,7-12H2,1H3,(H2,22,23,24);1H. The molecule has 1 unspecified atom stereocenters. The van der Waals surface area contributed by atoms with Gasteiger partial charge in [-0.15, -0.1) is 24.0 Å². The third-order valence-corrected chi connectivity index (χ3v) is 4.54. The smallest absolute Gasteiger partial charge is 0.354 e. The number of halogens is 4. The van der Waals surface area contributed by atoms with E-state index in [4.69, 9.17) is 0 Å². The van der Waals surface area contributed by atoms with Crippen LogP contribution in [0.25, 0.3) is 0 Å². The first-order valence-electron chi connectivity index (χ1n) is 8.90. The van der Waals surface area contributed by atoms with Gasteiger partial charge in [0, 0.05) is 38.3 Å². The second-order valence-corrected chi connectivity index (χ2v) is 6.80. The molecule has 1 aliphatic heterocycles. The minimum atomic E-state index is -4.27. The number of nitrogens with one attached hydrogen (secondary N) is 2. The zero-order valence-corrected chi connectivity index (χ0v) is 17.2. The number of likely N-dealkylation sites (tertiary alicyclic amines) is 1. The number of guanidine groups is 1. The van der Waals surface area contributed by atoms with Crippen LogP contribution < -0.4 is 10.6 Å². The van der Waals surface area contributed by atoms with Gasteiger partial charge in [-0.3, -0.25) is 9.89 Å². The molecule has 0 amide bonds. The van der Waals surface area contributed by atoms with Gasteiger partial charge < -0.3 is 10.6 Å². The normalized spacial score (nSPS) is 21.4. The molecule has 1 aromatic carbocycles. The number of hydrogen-bond donors (Lipinski definition) is 2. The zero-order chi connectivity index (χ0) is 17.9. The Morgan fingerprint density at radius 3 is 2.35 bits per heavy atom. The predicted molar refractivity (Wildman–Crippen MR) is 108 cm³/mol. The summed E-state index contributed by atoms with van der Waals surface area (Å²) in [6, 6.07) is 6.34. The fourth-order valence-electron chi connectivity index (χ4n) is 3.06. The van der Waals surface area contributed by atoms with E-state index in [9.17, 15) is 13.2 Å². The van der Waals surface area contributed by atoms with E-state index in [-0.39, 0.29) is 24.0 Å². The summed E-state index contributed by atoms with van der Waals surface area (Å²) >= 11 is 0. The third kappa shape index (κ3) is 6.29. The molecule has 0 spiro atoms. The van der Waals surface area contributed by atoms with Crippen molar-refractivity contribution >= 4 is 29.9 Å². The van der Waals surface area contributed by atoms with E-state index < -0.39 is 11.7 Å². The molecule has 1 atom stereocenters. The van der Waals surface area contributed by atoms with Crippen LogP contribution >= 0.6 is 24.0 Å². The van der Waals surface area contributed by atoms with Crippen molar-refractivity contribution in [2.24, 2.45) is 4.99 Å². The van der Waals surface area contributed by atoms with Gasteiger partial charge >= 0.3 is 6.18 Å². The average molecular weight is 482 g/mol. The number of nitrogens with zero attached hydrogens (tertiary/aromatic N) is 2. The molecule has 1 aromatic rings. The highest BCUT2D eigenvalue weighted by atomic mass is 127. The summed E-state index contributed by atoms with van der Waals surface area (Å²) in [5.41, 5.74) is 0.316. The summed E-state index contributed by atoms with van der Waals surface area (Å²) in [7, 11) is 0. The van der Waals surface area contributed by atoms with Crippen LogP contribution in [0.3, 0.4) is 0 Å². The van der Waals surface area contributed by atoms with E-state index in [1.165, 1.54) is 12.8 Å². The average Bonchev–Trinajstić information content (AvgIpc) is 3.26. The highest BCUT2D eigenvalue weighted by Crippen LogP contribution is 2.29. The third-order valence-electron chi connectivity index (χ3n) is 4.54. The summed E-state index contributed by atoms with van der Waals surface area (Å²) in [5, 5.41) is 6.90. The molecule has 0 radical (unpaired) electrons. The number of aliphatic imine (C=N–C) groups is 1. The molecule has 1 saturated carbocycles. The van der Waals surface area contributed by atoms with Gasteiger partial charge in [0.2, 0.25) is 0 Å². The van der Waals surface area contributed by atoms with Crippen molar-refractivity contribution in [3.8, 4) is 0 Å². The fraction of sp³-hybridized carbons (Fsp3) is 0.611. The van der Waals surface area contributed by atoms with Gasteiger partial charge in [-0.2, -0.15) is 13.2 Å². The molecule has 8 heteroatoms. The van der Waals surface area contributed by atoms with Crippen molar-refractivity contribution in [1.82, 2.24) is 15.5 Å². The topological polar surface area (TPSA) is 39.7 Å². The lowest BCUT2D eigenvalue weighted by Crippen LogP contribution is -2.45. The Morgan fingerprint density at radius 1 is 1.12 bits per heavy atom. The molecule has 1 saturated heterocycles. The van der Waals surface area contributed by atoms with Crippen LogP contribution in [0.5, 0.6) is 0 Å². The summed E-state index contributed by atoms with van der Waals surface area (Å²) in [4.78, 5) is 6.74. The molecule has 2 N–H and O–H groups in total. The second-order valence-electron chi connectivity index (χ2n) is 6.80. The Balaban J connectivity index is 0.00000243. The summed E-state index contributed by atoms with van der Waals surface area (Å²) in [6.07, 6.45) is -0.856. The lowest BCUT2D eigenvalue weighted by molar-refractivity contribution is -0.137.